The molecular weight excluding hydrogens is 394 g/mol. The lowest BCUT2D eigenvalue weighted by molar-refractivity contribution is 0.0958. The van der Waals surface area contributed by atoms with Gasteiger partial charge in [0, 0.05) is 30.3 Å². The van der Waals surface area contributed by atoms with Gasteiger partial charge in [0.25, 0.3) is 0 Å². The number of hydrogen-bond acceptors (Lipinski definition) is 8. The first kappa shape index (κ1) is 19.2. The Morgan fingerprint density at radius 2 is 2.03 bits per heavy atom. The Morgan fingerprint density at radius 1 is 1.13 bits per heavy atom. The van der Waals surface area contributed by atoms with Crippen molar-refractivity contribution in [3.63, 3.8) is 0 Å². The molecule has 0 aliphatic heterocycles. The highest BCUT2D eigenvalue weighted by Crippen LogP contribution is 2.32. The molecule has 0 radical (unpaired) electrons. The Hall–Kier alpha value is -3.81. The van der Waals surface area contributed by atoms with Gasteiger partial charge >= 0.3 is 0 Å². The van der Waals surface area contributed by atoms with Crippen molar-refractivity contribution in [1.82, 2.24) is 19.9 Å². The fourth-order valence-electron chi connectivity index (χ4n) is 3.94. The first-order valence-corrected chi connectivity index (χ1v) is 10.2. The number of ketones is 1. The summed E-state index contributed by atoms with van der Waals surface area (Å²) in [6.45, 7) is 4.40. The lowest BCUT2D eigenvalue weighted by Gasteiger charge is -2.21. The number of nitrogens with one attached hydrogen (secondary N) is 1. The average molecular weight is 415 g/mol. The summed E-state index contributed by atoms with van der Waals surface area (Å²) in [5.74, 6) is 2.22. The van der Waals surface area contributed by atoms with Gasteiger partial charge in [0.15, 0.2) is 5.78 Å². The molecule has 0 spiro atoms. The Bertz CT molecular complexity index is 1270. The largest absolute Gasteiger partial charge is 0.492 e. The van der Waals surface area contributed by atoms with Crippen LogP contribution in [0.1, 0.15) is 46.8 Å². The van der Waals surface area contributed by atoms with E-state index in [4.69, 9.17) is 9.15 Å². The molecule has 8 heteroatoms. The van der Waals surface area contributed by atoms with Gasteiger partial charge in [-0.25, -0.2) is 19.9 Å². The van der Waals surface area contributed by atoms with Gasteiger partial charge < -0.3 is 9.15 Å². The molecule has 4 aromatic rings. The van der Waals surface area contributed by atoms with Crippen molar-refractivity contribution >= 4 is 28.6 Å². The number of para-hydroxylation sites is 1. The van der Waals surface area contributed by atoms with Crippen molar-refractivity contribution in [2.24, 2.45) is 0 Å². The Morgan fingerprint density at radius 3 is 2.84 bits per heavy atom. The second-order valence-corrected chi connectivity index (χ2v) is 7.44. The Balaban J connectivity index is 1.47. The minimum atomic E-state index is -0.0225. The third-order valence-corrected chi connectivity index (χ3v) is 5.39. The number of fused-ring (bicyclic) bond motifs is 2. The van der Waals surface area contributed by atoms with Crippen molar-refractivity contribution < 1.29 is 13.9 Å². The van der Waals surface area contributed by atoms with E-state index < -0.39 is 0 Å². The number of rotatable bonds is 5. The maximum atomic E-state index is 12.6. The van der Waals surface area contributed by atoms with Crippen molar-refractivity contribution in [3.05, 3.63) is 65.5 Å². The van der Waals surface area contributed by atoms with E-state index in [1.54, 1.807) is 12.5 Å². The SMILES string of the molecule is CCOc1cccc2c(C)nc(Nc3ncc4c(n3)C[C@@H](c3ccco3)CC4=O)nc12. The zero-order valence-electron chi connectivity index (χ0n) is 17.3. The van der Waals surface area contributed by atoms with Crippen LogP contribution in [-0.4, -0.2) is 32.3 Å². The highest BCUT2D eigenvalue weighted by Gasteiger charge is 2.29. The first-order valence-electron chi connectivity index (χ1n) is 10.2. The molecule has 0 unspecified atom stereocenters. The summed E-state index contributed by atoms with van der Waals surface area (Å²) in [7, 11) is 0. The number of Topliss-reactive ketones (excluding diaryl/α,β-unsaturated/α-hetero) is 1. The molecule has 5 rings (SSSR count). The summed E-state index contributed by atoms with van der Waals surface area (Å²) in [6, 6.07) is 9.50. The summed E-state index contributed by atoms with van der Waals surface area (Å²) >= 11 is 0. The summed E-state index contributed by atoms with van der Waals surface area (Å²) < 4.78 is 11.2. The Kier molecular flexibility index (Phi) is 4.82. The van der Waals surface area contributed by atoms with Crippen molar-refractivity contribution in [3.8, 4) is 5.75 Å². The maximum Gasteiger partial charge on any atom is 0.230 e. The van der Waals surface area contributed by atoms with Crippen molar-refractivity contribution in [2.45, 2.75) is 32.6 Å². The highest BCUT2D eigenvalue weighted by atomic mass is 16.5. The molecule has 3 aromatic heterocycles. The molecule has 0 bridgehead atoms. The van der Waals surface area contributed by atoms with E-state index in [1.807, 2.05) is 44.2 Å². The topological polar surface area (TPSA) is 103 Å². The number of nitrogens with zero attached hydrogens (tertiary/aromatic N) is 4. The second-order valence-electron chi connectivity index (χ2n) is 7.44. The van der Waals surface area contributed by atoms with Crippen LogP contribution in [0.4, 0.5) is 11.9 Å². The van der Waals surface area contributed by atoms with Crippen molar-refractivity contribution in [2.75, 3.05) is 11.9 Å². The first-order chi connectivity index (χ1) is 15.1. The van der Waals surface area contributed by atoms with Crippen LogP contribution in [0.5, 0.6) is 5.75 Å². The molecule has 1 N–H and O–H groups in total. The molecule has 0 saturated heterocycles. The number of furan rings is 1. The van der Waals surface area contributed by atoms with E-state index >= 15 is 0 Å². The predicted molar refractivity (Wildman–Crippen MR) is 115 cm³/mol. The molecule has 1 aromatic carbocycles. The van der Waals surface area contributed by atoms with Gasteiger partial charge in [-0.2, -0.15) is 0 Å². The van der Waals surface area contributed by atoms with Gasteiger partial charge in [-0.1, -0.05) is 12.1 Å². The molecule has 156 valence electrons. The normalized spacial score (nSPS) is 15.7. The fraction of sp³-hybridized carbons (Fsp3) is 0.261. The van der Waals surface area contributed by atoms with Gasteiger partial charge in [-0.15, -0.1) is 0 Å². The number of hydrogen-bond donors (Lipinski definition) is 1. The van der Waals surface area contributed by atoms with Crippen LogP contribution in [0, 0.1) is 6.92 Å². The van der Waals surface area contributed by atoms with E-state index in [9.17, 15) is 4.79 Å². The summed E-state index contributed by atoms with van der Waals surface area (Å²) in [5.41, 5.74) is 2.80. The average Bonchev–Trinajstić information content (AvgIpc) is 3.29. The smallest absolute Gasteiger partial charge is 0.230 e. The lowest BCUT2D eigenvalue weighted by Crippen LogP contribution is -2.21. The number of aryl methyl sites for hydroxylation is 1. The van der Waals surface area contributed by atoms with Gasteiger partial charge in [-0.05, 0) is 32.0 Å². The van der Waals surface area contributed by atoms with Gasteiger partial charge in [0.05, 0.1) is 29.8 Å². The molecule has 0 amide bonds. The number of carbonyl (C=O) groups excluding carboxylic acids is 1. The van der Waals surface area contributed by atoms with Crippen molar-refractivity contribution in [1.29, 1.82) is 0 Å². The number of ether oxygens (including phenoxy) is 1. The standard InChI is InChI=1S/C23H21N5O3/c1-3-30-20-7-4-6-15-13(2)25-23(27-21(15)20)28-22-24-12-16-17(26-22)10-14(11-18(16)29)19-8-5-9-31-19/h4-9,12,14H,3,10-11H2,1-2H3,(H,24,25,26,27,28)/t14-/m1/s1. The van der Waals surface area contributed by atoms with E-state index in [-0.39, 0.29) is 11.7 Å². The zero-order valence-corrected chi connectivity index (χ0v) is 17.3. The van der Waals surface area contributed by atoms with Crippen LogP contribution in [0.15, 0.2) is 47.2 Å². The van der Waals surface area contributed by atoms with E-state index in [0.29, 0.717) is 48.4 Å². The van der Waals surface area contributed by atoms with Gasteiger partial charge in [0.2, 0.25) is 11.9 Å². The molecular formula is C23H21N5O3. The maximum absolute atomic E-state index is 12.6. The molecule has 0 saturated carbocycles. The highest BCUT2D eigenvalue weighted by molar-refractivity contribution is 5.98. The van der Waals surface area contributed by atoms with E-state index in [0.717, 1.165) is 22.4 Å². The molecule has 8 nitrogen and oxygen atoms in total. The molecule has 0 fully saturated rings. The molecule has 31 heavy (non-hydrogen) atoms. The van der Waals surface area contributed by atoms with Gasteiger partial charge in [-0.3, -0.25) is 10.1 Å². The van der Waals surface area contributed by atoms with Gasteiger partial charge in [0.1, 0.15) is 17.0 Å². The molecule has 1 atom stereocenters. The van der Waals surface area contributed by atoms with Crippen LogP contribution < -0.4 is 10.1 Å². The number of aromatic nitrogens is 4. The Labute approximate surface area is 178 Å². The quantitative estimate of drug-likeness (QED) is 0.512. The van der Waals surface area contributed by atoms with Crippen LogP contribution in [0.3, 0.4) is 0 Å². The summed E-state index contributed by atoms with van der Waals surface area (Å²) in [6.07, 6.45) is 4.20. The lowest BCUT2D eigenvalue weighted by atomic mass is 9.85. The number of benzene rings is 1. The van der Waals surface area contributed by atoms with Crippen LogP contribution in [0.2, 0.25) is 0 Å². The van der Waals surface area contributed by atoms with Crippen LogP contribution >= 0.6 is 0 Å². The van der Waals surface area contributed by atoms with E-state index in [2.05, 4.69) is 25.3 Å². The number of carbonyl (C=O) groups is 1. The summed E-state index contributed by atoms with van der Waals surface area (Å²) in [5, 5.41) is 4.01. The molecule has 3 heterocycles. The zero-order chi connectivity index (χ0) is 21.4. The second kappa shape index (κ2) is 7.79. The minimum Gasteiger partial charge on any atom is -0.492 e. The fourth-order valence-corrected chi connectivity index (χ4v) is 3.94. The van der Waals surface area contributed by atoms with Crippen LogP contribution in [-0.2, 0) is 6.42 Å². The third-order valence-electron chi connectivity index (χ3n) is 5.39. The van der Waals surface area contributed by atoms with Crippen LogP contribution in [0.25, 0.3) is 10.9 Å². The monoisotopic (exact) mass is 415 g/mol. The summed E-state index contributed by atoms with van der Waals surface area (Å²) in [4.78, 5) is 30.6. The predicted octanol–water partition coefficient (Wildman–Crippen LogP) is 4.38. The van der Waals surface area contributed by atoms with E-state index in [1.165, 1.54) is 0 Å². The third kappa shape index (κ3) is 3.61. The minimum absolute atomic E-state index is 0.0216. The molecule has 1 aliphatic rings. The molecule has 1 aliphatic carbocycles. The number of anilines is 2.